The molecule has 1 saturated heterocycles. The third kappa shape index (κ3) is 2.83. The number of nitrogens with two attached hydrogens (primary N) is 1. The quantitative estimate of drug-likeness (QED) is 0.292. The molecule has 0 radical (unpaired) electrons. The fourth-order valence-corrected chi connectivity index (χ4v) is 2.95. The standard InChI is InChI=1S/C14H19N5O7/c15-13-16-10-7(11(24)17-13)18(3-1-2-4-20)14(25)19(10)12-9(23)8(22)6(5-21)26-12/h1-2,6,8-9,12,20-23H,3-5H2,(H3,15,16,17,24)/b2-1+/t6-,8+,9-,12-/m1/s1. The van der Waals surface area contributed by atoms with E-state index < -0.39 is 42.4 Å². The number of aliphatic hydroxyl groups is 4. The monoisotopic (exact) mass is 369 g/mol. The Balaban J connectivity index is 2.23. The van der Waals surface area contributed by atoms with Crippen LogP contribution in [0.25, 0.3) is 11.2 Å². The molecule has 3 heterocycles. The number of hydrogen-bond donors (Lipinski definition) is 6. The lowest BCUT2D eigenvalue weighted by Gasteiger charge is -2.15. The van der Waals surface area contributed by atoms with Crippen LogP contribution in [0.1, 0.15) is 6.23 Å². The second-order valence-corrected chi connectivity index (χ2v) is 5.77. The first-order valence-electron chi connectivity index (χ1n) is 7.79. The average molecular weight is 369 g/mol. The minimum Gasteiger partial charge on any atom is -0.394 e. The highest BCUT2D eigenvalue weighted by atomic mass is 16.6. The van der Waals surface area contributed by atoms with Crippen LogP contribution >= 0.6 is 0 Å². The Bertz CT molecular complexity index is 946. The van der Waals surface area contributed by atoms with Gasteiger partial charge in [-0.15, -0.1) is 0 Å². The second-order valence-electron chi connectivity index (χ2n) is 5.77. The zero-order chi connectivity index (χ0) is 19.0. The van der Waals surface area contributed by atoms with Gasteiger partial charge in [0.1, 0.15) is 18.3 Å². The van der Waals surface area contributed by atoms with Gasteiger partial charge >= 0.3 is 5.69 Å². The number of ether oxygens (including phenoxy) is 1. The van der Waals surface area contributed by atoms with Crippen molar-refractivity contribution in [3.05, 3.63) is 33.0 Å². The summed E-state index contributed by atoms with van der Waals surface area (Å²) in [5, 5.41) is 38.2. The van der Waals surface area contributed by atoms with Crippen molar-refractivity contribution < 1.29 is 25.2 Å². The molecule has 0 aliphatic carbocycles. The number of imidazole rings is 1. The van der Waals surface area contributed by atoms with Crippen molar-refractivity contribution in [2.24, 2.45) is 0 Å². The van der Waals surface area contributed by atoms with E-state index in [4.69, 9.17) is 15.6 Å². The number of fused-ring (bicyclic) bond motifs is 1. The summed E-state index contributed by atoms with van der Waals surface area (Å²) in [4.78, 5) is 31.4. The molecular formula is C14H19N5O7. The van der Waals surface area contributed by atoms with E-state index in [1.165, 1.54) is 12.2 Å². The molecule has 26 heavy (non-hydrogen) atoms. The van der Waals surface area contributed by atoms with Gasteiger partial charge in [-0.25, -0.2) is 9.36 Å². The van der Waals surface area contributed by atoms with Crippen LogP contribution in [-0.2, 0) is 11.3 Å². The van der Waals surface area contributed by atoms with E-state index in [2.05, 4.69) is 9.97 Å². The first-order chi connectivity index (χ1) is 12.4. The number of anilines is 1. The van der Waals surface area contributed by atoms with E-state index in [0.29, 0.717) is 0 Å². The van der Waals surface area contributed by atoms with Crippen molar-refractivity contribution in [2.75, 3.05) is 18.9 Å². The summed E-state index contributed by atoms with van der Waals surface area (Å²) < 4.78 is 7.36. The second kappa shape index (κ2) is 7.01. The predicted molar refractivity (Wildman–Crippen MR) is 88.3 cm³/mol. The third-order valence-corrected chi connectivity index (χ3v) is 4.16. The lowest BCUT2D eigenvalue weighted by atomic mass is 10.1. The first-order valence-corrected chi connectivity index (χ1v) is 7.79. The van der Waals surface area contributed by atoms with Crippen molar-refractivity contribution >= 4 is 17.1 Å². The van der Waals surface area contributed by atoms with E-state index in [-0.39, 0.29) is 30.3 Å². The Kier molecular flexibility index (Phi) is 4.93. The van der Waals surface area contributed by atoms with Crippen molar-refractivity contribution in [2.45, 2.75) is 31.1 Å². The molecule has 12 nitrogen and oxygen atoms in total. The van der Waals surface area contributed by atoms with Crippen LogP contribution < -0.4 is 17.0 Å². The number of aliphatic hydroxyl groups excluding tert-OH is 4. The van der Waals surface area contributed by atoms with Crippen LogP contribution in [0.15, 0.2) is 21.7 Å². The highest BCUT2D eigenvalue weighted by Crippen LogP contribution is 2.30. The molecule has 1 aliphatic rings. The number of rotatable bonds is 5. The molecule has 3 rings (SSSR count). The summed E-state index contributed by atoms with van der Waals surface area (Å²) >= 11 is 0. The van der Waals surface area contributed by atoms with Gasteiger partial charge in [-0.2, -0.15) is 4.98 Å². The largest absolute Gasteiger partial charge is 0.394 e. The van der Waals surface area contributed by atoms with Gasteiger partial charge in [-0.05, 0) is 0 Å². The smallest absolute Gasteiger partial charge is 0.333 e. The Hall–Kier alpha value is -2.51. The van der Waals surface area contributed by atoms with Crippen molar-refractivity contribution in [3.8, 4) is 0 Å². The van der Waals surface area contributed by atoms with Crippen LogP contribution in [0.5, 0.6) is 0 Å². The van der Waals surface area contributed by atoms with E-state index in [1.807, 2.05) is 0 Å². The molecule has 0 unspecified atom stereocenters. The summed E-state index contributed by atoms with van der Waals surface area (Å²) in [6.07, 6.45) is -2.56. The number of hydrogen-bond acceptors (Lipinski definition) is 9. The highest BCUT2D eigenvalue weighted by molar-refractivity contribution is 5.71. The molecule has 2 aromatic rings. The Morgan fingerprint density at radius 3 is 2.58 bits per heavy atom. The maximum atomic E-state index is 12.8. The van der Waals surface area contributed by atoms with Crippen LogP contribution in [0, 0.1) is 0 Å². The van der Waals surface area contributed by atoms with E-state index >= 15 is 0 Å². The number of H-pyrrole nitrogens is 1. The number of aromatic amines is 1. The van der Waals surface area contributed by atoms with E-state index in [9.17, 15) is 24.9 Å². The van der Waals surface area contributed by atoms with Crippen molar-refractivity contribution in [3.63, 3.8) is 0 Å². The normalized spacial score (nSPS) is 26.3. The molecule has 7 N–H and O–H groups in total. The van der Waals surface area contributed by atoms with Crippen LogP contribution in [-0.4, -0.2) is 71.1 Å². The fourth-order valence-electron chi connectivity index (χ4n) is 2.95. The molecule has 0 amide bonds. The summed E-state index contributed by atoms with van der Waals surface area (Å²) in [6.45, 7) is -0.867. The maximum absolute atomic E-state index is 12.8. The zero-order valence-electron chi connectivity index (χ0n) is 13.5. The zero-order valence-corrected chi connectivity index (χ0v) is 13.5. The number of aromatic nitrogens is 4. The lowest BCUT2D eigenvalue weighted by Crippen LogP contribution is -2.36. The summed E-state index contributed by atoms with van der Waals surface area (Å²) in [5.41, 5.74) is 3.91. The minimum absolute atomic E-state index is 0.0492. The van der Waals surface area contributed by atoms with E-state index in [1.54, 1.807) is 0 Å². The summed E-state index contributed by atoms with van der Waals surface area (Å²) in [7, 11) is 0. The number of allylic oxidation sites excluding steroid dienone is 1. The van der Waals surface area contributed by atoms with Gasteiger partial charge in [0.05, 0.1) is 13.2 Å². The average Bonchev–Trinajstić information content (AvgIpc) is 3.03. The van der Waals surface area contributed by atoms with Gasteiger partial charge in [-0.3, -0.25) is 14.3 Å². The van der Waals surface area contributed by atoms with Gasteiger partial charge in [0, 0.05) is 6.54 Å². The minimum atomic E-state index is -1.53. The van der Waals surface area contributed by atoms with Crippen LogP contribution in [0.3, 0.4) is 0 Å². The topological polar surface area (TPSA) is 189 Å². The van der Waals surface area contributed by atoms with Crippen LogP contribution in [0.2, 0.25) is 0 Å². The van der Waals surface area contributed by atoms with Gasteiger partial charge in [0.2, 0.25) is 5.95 Å². The molecule has 2 aromatic heterocycles. The summed E-state index contributed by atoms with van der Waals surface area (Å²) in [6, 6.07) is 0. The molecule has 142 valence electrons. The Morgan fingerprint density at radius 1 is 1.23 bits per heavy atom. The molecule has 4 atom stereocenters. The van der Waals surface area contributed by atoms with E-state index in [0.717, 1.165) is 9.13 Å². The molecule has 12 heteroatoms. The highest BCUT2D eigenvalue weighted by Gasteiger charge is 2.45. The van der Waals surface area contributed by atoms with Gasteiger partial charge in [0.15, 0.2) is 17.4 Å². The Morgan fingerprint density at radius 2 is 1.96 bits per heavy atom. The Labute approximate surface area is 145 Å². The van der Waals surface area contributed by atoms with Crippen LogP contribution in [0.4, 0.5) is 5.95 Å². The first kappa shape index (κ1) is 18.3. The van der Waals surface area contributed by atoms with Gasteiger partial charge in [0.25, 0.3) is 5.56 Å². The maximum Gasteiger partial charge on any atom is 0.333 e. The number of nitrogen functional groups attached to an aromatic ring is 1. The van der Waals surface area contributed by atoms with Gasteiger partial charge < -0.3 is 30.9 Å². The number of nitrogens with zero attached hydrogens (tertiary/aromatic N) is 3. The SMILES string of the molecule is Nc1nc2c(c(=O)[nH]1)n(C/C=C/CO)c(=O)n2[C@@H]1O[C@H](CO)[C@H](O)[C@H]1O. The number of nitrogens with one attached hydrogen (secondary N) is 1. The fraction of sp³-hybridized carbons (Fsp3) is 0.500. The molecular weight excluding hydrogens is 350 g/mol. The third-order valence-electron chi connectivity index (χ3n) is 4.16. The van der Waals surface area contributed by atoms with Gasteiger partial charge in [-0.1, -0.05) is 12.2 Å². The molecule has 0 saturated carbocycles. The van der Waals surface area contributed by atoms with Crippen molar-refractivity contribution in [1.29, 1.82) is 0 Å². The molecule has 0 aromatic carbocycles. The lowest BCUT2D eigenvalue weighted by molar-refractivity contribution is -0.0527. The molecule has 1 aliphatic heterocycles. The van der Waals surface area contributed by atoms with Crippen molar-refractivity contribution in [1.82, 2.24) is 19.1 Å². The predicted octanol–water partition coefficient (Wildman–Crippen LogP) is -3.37. The molecule has 1 fully saturated rings. The summed E-state index contributed by atoms with van der Waals surface area (Å²) in [5.74, 6) is -0.244. The molecule has 0 spiro atoms. The molecule has 0 bridgehead atoms.